The number of fused-ring (bicyclic) bond motifs is 1. The molecule has 2 aliphatic rings. The summed E-state index contributed by atoms with van der Waals surface area (Å²) in [6.07, 6.45) is 5.18. The fourth-order valence-electron chi connectivity index (χ4n) is 4.36. The van der Waals surface area contributed by atoms with E-state index in [4.69, 9.17) is 9.72 Å². The molecule has 1 N–H and O–H groups in total. The van der Waals surface area contributed by atoms with Crippen LogP contribution in [-0.2, 0) is 9.53 Å². The van der Waals surface area contributed by atoms with Crippen LogP contribution in [0.15, 0.2) is 18.2 Å². The molecular formula is C20H27N3O2. The fourth-order valence-corrected chi connectivity index (χ4v) is 4.36. The molecule has 1 amide bonds. The van der Waals surface area contributed by atoms with Gasteiger partial charge in [-0.3, -0.25) is 4.79 Å². The summed E-state index contributed by atoms with van der Waals surface area (Å²) in [5.41, 5.74) is 3.07. The largest absolute Gasteiger partial charge is 0.384 e. The molecule has 1 aliphatic heterocycles. The molecule has 1 saturated heterocycles. The normalized spacial score (nSPS) is 22.8. The molecule has 2 aromatic rings. The van der Waals surface area contributed by atoms with E-state index in [9.17, 15) is 4.79 Å². The number of aromatic amines is 1. The topological polar surface area (TPSA) is 58.2 Å². The van der Waals surface area contributed by atoms with E-state index in [0.717, 1.165) is 62.1 Å². The van der Waals surface area contributed by atoms with E-state index in [1.54, 1.807) is 7.11 Å². The van der Waals surface area contributed by atoms with Crippen LogP contribution in [0.3, 0.4) is 0 Å². The number of ether oxygens (including phenoxy) is 1. The standard InChI is InChI=1S/C20H27N3O2/c1-14-6-7-16-17(11-14)22-18(21-16)15-5-3-10-23(12-15)19(24)20(13-25-2)8-4-9-20/h6-7,11,15H,3-5,8-10,12-13H2,1-2H3,(H,21,22). The first-order valence-electron chi connectivity index (χ1n) is 9.36. The van der Waals surface area contributed by atoms with E-state index >= 15 is 0 Å². The Morgan fingerprint density at radius 3 is 2.96 bits per heavy atom. The minimum atomic E-state index is -0.262. The van der Waals surface area contributed by atoms with Gasteiger partial charge in [-0.1, -0.05) is 12.5 Å². The van der Waals surface area contributed by atoms with Gasteiger partial charge in [-0.2, -0.15) is 0 Å². The zero-order valence-corrected chi connectivity index (χ0v) is 15.2. The van der Waals surface area contributed by atoms with E-state index in [-0.39, 0.29) is 11.3 Å². The maximum absolute atomic E-state index is 13.1. The minimum absolute atomic E-state index is 0.262. The van der Waals surface area contributed by atoms with Crippen molar-refractivity contribution < 1.29 is 9.53 Å². The lowest BCUT2D eigenvalue weighted by Crippen LogP contribution is -2.52. The number of rotatable bonds is 4. The van der Waals surface area contributed by atoms with Gasteiger partial charge in [-0.25, -0.2) is 4.98 Å². The summed E-state index contributed by atoms with van der Waals surface area (Å²) >= 11 is 0. The molecule has 2 fully saturated rings. The number of piperidine rings is 1. The molecule has 134 valence electrons. The van der Waals surface area contributed by atoms with Gasteiger partial charge in [0.15, 0.2) is 0 Å². The molecule has 0 bridgehead atoms. The molecule has 0 spiro atoms. The number of imidazole rings is 1. The van der Waals surface area contributed by atoms with Crippen LogP contribution in [0.1, 0.15) is 49.4 Å². The molecule has 2 heterocycles. The summed E-state index contributed by atoms with van der Waals surface area (Å²) in [5, 5.41) is 0. The van der Waals surface area contributed by atoms with E-state index < -0.39 is 0 Å². The Morgan fingerprint density at radius 1 is 1.40 bits per heavy atom. The summed E-state index contributed by atoms with van der Waals surface area (Å²) in [6, 6.07) is 6.30. The van der Waals surface area contributed by atoms with Crippen LogP contribution in [0.2, 0.25) is 0 Å². The highest BCUT2D eigenvalue weighted by Crippen LogP contribution is 2.43. The number of amides is 1. The van der Waals surface area contributed by atoms with Crippen molar-refractivity contribution in [2.24, 2.45) is 5.41 Å². The third-order valence-electron chi connectivity index (χ3n) is 5.94. The van der Waals surface area contributed by atoms with Gasteiger partial charge in [0.05, 0.1) is 23.1 Å². The van der Waals surface area contributed by atoms with Crippen LogP contribution >= 0.6 is 0 Å². The number of aryl methyl sites for hydroxylation is 1. The fraction of sp³-hybridized carbons (Fsp3) is 0.600. The SMILES string of the molecule is COCC1(C(=O)N2CCCC(c3nc4ccc(C)cc4[nH]3)C2)CCC1. The maximum atomic E-state index is 13.1. The summed E-state index contributed by atoms with van der Waals surface area (Å²) in [4.78, 5) is 23.4. The second-order valence-corrected chi connectivity index (χ2v) is 7.80. The highest BCUT2D eigenvalue weighted by atomic mass is 16.5. The van der Waals surface area contributed by atoms with E-state index in [1.165, 1.54) is 5.56 Å². The molecule has 1 aliphatic carbocycles. The predicted molar refractivity (Wildman–Crippen MR) is 97.5 cm³/mol. The molecule has 25 heavy (non-hydrogen) atoms. The molecular weight excluding hydrogens is 314 g/mol. The molecule has 1 atom stereocenters. The van der Waals surface area contributed by atoms with Crippen molar-refractivity contribution in [1.82, 2.24) is 14.9 Å². The zero-order chi connectivity index (χ0) is 17.4. The van der Waals surface area contributed by atoms with Crippen molar-refractivity contribution in [3.63, 3.8) is 0 Å². The summed E-state index contributed by atoms with van der Waals surface area (Å²) in [6.45, 7) is 4.27. The van der Waals surface area contributed by atoms with Gasteiger partial charge in [-0.05, 0) is 50.3 Å². The smallest absolute Gasteiger partial charge is 0.231 e. The van der Waals surface area contributed by atoms with Crippen LogP contribution in [0.5, 0.6) is 0 Å². The number of hydrogen-bond donors (Lipinski definition) is 1. The van der Waals surface area contributed by atoms with Crippen molar-refractivity contribution in [2.45, 2.75) is 44.9 Å². The zero-order valence-electron chi connectivity index (χ0n) is 15.2. The van der Waals surface area contributed by atoms with Gasteiger partial charge in [0.25, 0.3) is 0 Å². The number of likely N-dealkylation sites (tertiary alicyclic amines) is 1. The van der Waals surface area contributed by atoms with Crippen LogP contribution < -0.4 is 0 Å². The second kappa shape index (κ2) is 6.45. The van der Waals surface area contributed by atoms with Gasteiger partial charge in [0.1, 0.15) is 5.82 Å². The highest BCUT2D eigenvalue weighted by Gasteiger charge is 2.47. The number of methoxy groups -OCH3 is 1. The summed E-state index contributed by atoms with van der Waals surface area (Å²) in [5.74, 6) is 1.61. The van der Waals surface area contributed by atoms with Crippen LogP contribution in [-0.4, -0.2) is 47.6 Å². The Hall–Kier alpha value is -1.88. The Kier molecular flexibility index (Phi) is 4.28. The Labute approximate surface area is 148 Å². The first-order chi connectivity index (χ1) is 12.1. The average Bonchev–Trinajstić information content (AvgIpc) is 3.01. The van der Waals surface area contributed by atoms with Gasteiger partial charge in [-0.15, -0.1) is 0 Å². The minimum Gasteiger partial charge on any atom is -0.384 e. The second-order valence-electron chi connectivity index (χ2n) is 7.80. The van der Waals surface area contributed by atoms with Crippen molar-refractivity contribution in [1.29, 1.82) is 0 Å². The van der Waals surface area contributed by atoms with E-state index in [0.29, 0.717) is 12.5 Å². The van der Waals surface area contributed by atoms with Gasteiger partial charge >= 0.3 is 0 Å². The lowest BCUT2D eigenvalue weighted by Gasteiger charge is -2.44. The third-order valence-corrected chi connectivity index (χ3v) is 5.94. The molecule has 1 unspecified atom stereocenters. The molecule has 1 aromatic carbocycles. The van der Waals surface area contributed by atoms with E-state index in [2.05, 4.69) is 35.0 Å². The quantitative estimate of drug-likeness (QED) is 0.927. The van der Waals surface area contributed by atoms with E-state index in [1.807, 2.05) is 0 Å². The Balaban J connectivity index is 1.53. The van der Waals surface area contributed by atoms with Gasteiger partial charge in [0, 0.05) is 26.1 Å². The highest BCUT2D eigenvalue weighted by molar-refractivity contribution is 5.84. The Morgan fingerprint density at radius 2 is 2.24 bits per heavy atom. The molecule has 1 saturated carbocycles. The summed E-state index contributed by atoms with van der Waals surface area (Å²) in [7, 11) is 1.70. The van der Waals surface area contributed by atoms with Crippen LogP contribution in [0.4, 0.5) is 0 Å². The van der Waals surface area contributed by atoms with Crippen LogP contribution in [0, 0.1) is 12.3 Å². The van der Waals surface area contributed by atoms with Crippen molar-refractivity contribution in [2.75, 3.05) is 26.8 Å². The van der Waals surface area contributed by atoms with Crippen molar-refractivity contribution >= 4 is 16.9 Å². The number of nitrogens with one attached hydrogen (secondary N) is 1. The lowest BCUT2D eigenvalue weighted by molar-refractivity contribution is -0.153. The number of nitrogens with zero attached hydrogens (tertiary/aromatic N) is 2. The third kappa shape index (κ3) is 2.95. The maximum Gasteiger partial charge on any atom is 0.231 e. The number of benzene rings is 1. The summed E-state index contributed by atoms with van der Waals surface area (Å²) < 4.78 is 5.36. The number of H-pyrrole nitrogens is 1. The molecule has 5 nitrogen and oxygen atoms in total. The first-order valence-corrected chi connectivity index (χ1v) is 9.36. The number of carbonyl (C=O) groups excluding carboxylic acids is 1. The lowest BCUT2D eigenvalue weighted by atomic mass is 9.68. The number of carbonyl (C=O) groups is 1. The Bertz CT molecular complexity index is 778. The number of aromatic nitrogens is 2. The molecule has 1 aromatic heterocycles. The van der Waals surface area contributed by atoms with Gasteiger partial charge < -0.3 is 14.6 Å². The average molecular weight is 341 g/mol. The monoisotopic (exact) mass is 341 g/mol. The predicted octanol–water partition coefficient (Wildman–Crippen LogP) is 3.39. The molecule has 5 heteroatoms. The van der Waals surface area contributed by atoms with Gasteiger partial charge in [0.2, 0.25) is 5.91 Å². The molecule has 4 rings (SSSR count). The molecule has 0 radical (unpaired) electrons. The number of hydrogen-bond acceptors (Lipinski definition) is 3. The first kappa shape index (κ1) is 16.6. The van der Waals surface area contributed by atoms with Crippen molar-refractivity contribution in [3.05, 3.63) is 29.6 Å². The van der Waals surface area contributed by atoms with Crippen LogP contribution in [0.25, 0.3) is 11.0 Å². The van der Waals surface area contributed by atoms with Crippen molar-refractivity contribution in [3.8, 4) is 0 Å².